The van der Waals surface area contributed by atoms with E-state index in [0.29, 0.717) is 33.7 Å². The van der Waals surface area contributed by atoms with Gasteiger partial charge in [-0.2, -0.15) is 5.26 Å². The van der Waals surface area contributed by atoms with Crippen molar-refractivity contribution in [2.24, 2.45) is 16.3 Å². The van der Waals surface area contributed by atoms with E-state index in [1.54, 1.807) is 30.3 Å². The zero-order valence-corrected chi connectivity index (χ0v) is 21.8. The fourth-order valence-corrected chi connectivity index (χ4v) is 4.78. The molecule has 3 N–H and O–H groups in total. The Morgan fingerprint density at radius 2 is 1.92 bits per heavy atom. The van der Waals surface area contributed by atoms with E-state index < -0.39 is 11.5 Å². The Balaban J connectivity index is 1.88. The first kappa shape index (κ1) is 26.0. The number of amides is 1. The summed E-state index contributed by atoms with van der Waals surface area (Å²) >= 11 is 0. The number of rotatable bonds is 6. The van der Waals surface area contributed by atoms with Crippen molar-refractivity contribution < 1.29 is 14.4 Å². The van der Waals surface area contributed by atoms with Crippen molar-refractivity contribution in [2.45, 2.75) is 40.2 Å². The molecule has 1 aliphatic carbocycles. The maximum absolute atomic E-state index is 13.9. The molecule has 8 nitrogen and oxygen atoms in total. The van der Waals surface area contributed by atoms with E-state index >= 15 is 0 Å². The minimum absolute atomic E-state index is 0.167. The van der Waals surface area contributed by atoms with Crippen molar-refractivity contribution in [2.75, 3.05) is 18.5 Å². The van der Waals surface area contributed by atoms with Crippen LogP contribution in [0.5, 0.6) is 0 Å². The number of ketones is 1. The van der Waals surface area contributed by atoms with E-state index in [9.17, 15) is 9.59 Å². The summed E-state index contributed by atoms with van der Waals surface area (Å²) in [5.74, 6) is 5.29. The Morgan fingerprint density at radius 3 is 2.51 bits per heavy atom. The normalized spacial score (nSPS) is 18.6. The van der Waals surface area contributed by atoms with Crippen molar-refractivity contribution in [3.8, 4) is 6.07 Å². The van der Waals surface area contributed by atoms with Gasteiger partial charge in [-0.25, -0.2) is 10.9 Å². The molecule has 2 aromatic carbocycles. The van der Waals surface area contributed by atoms with Crippen LogP contribution in [0.3, 0.4) is 0 Å². The van der Waals surface area contributed by atoms with E-state index in [1.165, 1.54) is 0 Å². The third kappa shape index (κ3) is 4.96. The number of anilines is 1. The third-order valence-electron chi connectivity index (χ3n) is 6.93. The van der Waals surface area contributed by atoms with E-state index in [1.807, 2.05) is 40.0 Å². The summed E-state index contributed by atoms with van der Waals surface area (Å²) in [6.07, 6.45) is 0.930. The van der Waals surface area contributed by atoms with Crippen LogP contribution in [0, 0.1) is 23.7 Å². The van der Waals surface area contributed by atoms with E-state index in [-0.39, 0.29) is 18.1 Å². The van der Waals surface area contributed by atoms with Gasteiger partial charge in [-0.05, 0) is 61.4 Å². The summed E-state index contributed by atoms with van der Waals surface area (Å²) in [4.78, 5) is 38.8. The summed E-state index contributed by atoms with van der Waals surface area (Å²) < 4.78 is 0. The number of carbonyl (C=O) groups is 2. The molecule has 2 aromatic rings. The van der Waals surface area contributed by atoms with Gasteiger partial charge in [-0.3, -0.25) is 14.4 Å². The molecule has 0 fully saturated rings. The number of nitrogens with one attached hydrogen (secondary N) is 1. The Morgan fingerprint density at radius 1 is 1.22 bits per heavy atom. The topological polar surface area (TPSA) is 121 Å². The van der Waals surface area contributed by atoms with Crippen LogP contribution in [-0.2, 0) is 14.4 Å². The molecule has 0 saturated heterocycles. The number of Topliss-reactive ketones (excluding diaryl/α,β-unsaturated/α-hetero) is 1. The number of nitrogens with zero attached hydrogens (tertiary/aromatic N) is 3. The van der Waals surface area contributed by atoms with Gasteiger partial charge in [0.1, 0.15) is 6.10 Å². The number of allylic oxidation sites excluding steroid dienone is 2. The SMILES string of the molecule is CCN(C)c1ccc(N=C2C=C(C(ON)c3ccc(C#N)cc3)C(=O)C3=C2NC(=O)CC3(C)C)c(C)c1. The van der Waals surface area contributed by atoms with Gasteiger partial charge in [0.05, 0.1) is 28.7 Å². The lowest BCUT2D eigenvalue weighted by molar-refractivity contribution is -0.123. The molecule has 0 radical (unpaired) electrons. The minimum Gasteiger partial charge on any atom is -0.375 e. The van der Waals surface area contributed by atoms with Gasteiger partial charge >= 0.3 is 0 Å². The van der Waals surface area contributed by atoms with Gasteiger partial charge < -0.3 is 10.2 Å². The maximum Gasteiger partial charge on any atom is 0.225 e. The first-order chi connectivity index (χ1) is 17.6. The minimum atomic E-state index is -0.880. The second-order valence-electron chi connectivity index (χ2n) is 10.0. The van der Waals surface area contributed by atoms with Crippen molar-refractivity contribution in [3.05, 3.63) is 82.1 Å². The predicted molar refractivity (Wildman–Crippen MR) is 143 cm³/mol. The zero-order valence-electron chi connectivity index (χ0n) is 21.8. The molecule has 0 saturated carbocycles. The zero-order chi connectivity index (χ0) is 26.9. The molecule has 0 aromatic heterocycles. The van der Waals surface area contributed by atoms with Gasteiger partial charge in [0.15, 0.2) is 5.78 Å². The van der Waals surface area contributed by atoms with Gasteiger partial charge in [0.25, 0.3) is 0 Å². The monoisotopic (exact) mass is 497 g/mol. The second-order valence-corrected chi connectivity index (χ2v) is 10.0. The van der Waals surface area contributed by atoms with Crippen LogP contribution in [0.1, 0.15) is 50.0 Å². The van der Waals surface area contributed by atoms with Crippen LogP contribution in [0.25, 0.3) is 0 Å². The molecule has 0 spiro atoms. The molecule has 190 valence electrons. The fourth-order valence-electron chi connectivity index (χ4n) is 4.78. The molecular formula is C29H31N5O3. The van der Waals surface area contributed by atoms with Crippen molar-refractivity contribution >= 4 is 28.8 Å². The van der Waals surface area contributed by atoms with Gasteiger partial charge in [0, 0.05) is 42.3 Å². The van der Waals surface area contributed by atoms with E-state index in [4.69, 9.17) is 21.0 Å². The molecule has 1 aliphatic heterocycles. The van der Waals surface area contributed by atoms with Crippen molar-refractivity contribution in [1.29, 1.82) is 5.26 Å². The summed E-state index contributed by atoms with van der Waals surface area (Å²) in [6, 6.07) is 14.8. The highest BCUT2D eigenvalue weighted by Gasteiger charge is 2.44. The number of nitriles is 1. The molecule has 1 unspecified atom stereocenters. The van der Waals surface area contributed by atoms with Crippen LogP contribution in [0.2, 0.25) is 0 Å². The highest BCUT2D eigenvalue weighted by Crippen LogP contribution is 2.43. The lowest BCUT2D eigenvalue weighted by Gasteiger charge is -2.37. The number of carbonyl (C=O) groups excluding carboxylic acids is 2. The standard InChI is InChI=1S/C29H31N5O3/c1-6-34(5)20-11-12-22(17(2)13-20)32-23-14-21(28(37-31)19-9-7-18(16-30)8-10-19)27(36)25-26(23)33-24(35)15-29(25,3)4/h7-14,28H,6,15,31H2,1-5H3,(H,33,35). The summed E-state index contributed by atoms with van der Waals surface area (Å²) in [7, 11) is 2.02. The smallest absolute Gasteiger partial charge is 0.225 e. The molecule has 1 amide bonds. The quantitative estimate of drug-likeness (QED) is 0.452. The number of aliphatic imine (C=N–C) groups is 1. The largest absolute Gasteiger partial charge is 0.375 e. The molecular weight excluding hydrogens is 466 g/mol. The Kier molecular flexibility index (Phi) is 7.12. The molecule has 2 aliphatic rings. The van der Waals surface area contributed by atoms with Crippen LogP contribution < -0.4 is 16.1 Å². The van der Waals surface area contributed by atoms with Crippen LogP contribution in [0.15, 0.2) is 70.4 Å². The first-order valence-electron chi connectivity index (χ1n) is 12.2. The van der Waals surface area contributed by atoms with Crippen LogP contribution in [-0.4, -0.2) is 31.0 Å². The number of hydrogen-bond donors (Lipinski definition) is 2. The van der Waals surface area contributed by atoms with Crippen LogP contribution >= 0.6 is 0 Å². The highest BCUT2D eigenvalue weighted by atomic mass is 16.6. The van der Waals surface area contributed by atoms with Crippen molar-refractivity contribution in [1.82, 2.24) is 5.32 Å². The summed E-state index contributed by atoms with van der Waals surface area (Å²) in [5, 5.41) is 12.0. The number of nitrogens with two attached hydrogens (primary N) is 1. The Labute approximate surface area is 217 Å². The van der Waals surface area contributed by atoms with E-state index in [0.717, 1.165) is 23.5 Å². The van der Waals surface area contributed by atoms with Gasteiger partial charge in [0.2, 0.25) is 5.91 Å². The second kappa shape index (κ2) is 10.1. The highest BCUT2D eigenvalue weighted by molar-refractivity contribution is 6.27. The Hall–Kier alpha value is -4.06. The Bertz CT molecular complexity index is 1390. The lowest BCUT2D eigenvalue weighted by Crippen LogP contribution is -2.45. The molecule has 4 rings (SSSR count). The first-order valence-corrected chi connectivity index (χ1v) is 12.2. The molecule has 0 bridgehead atoms. The van der Waals surface area contributed by atoms with E-state index in [2.05, 4.69) is 29.3 Å². The van der Waals surface area contributed by atoms with Gasteiger partial charge in [-0.15, -0.1) is 0 Å². The lowest BCUT2D eigenvalue weighted by atomic mass is 9.70. The predicted octanol–water partition coefficient (Wildman–Crippen LogP) is 4.34. The maximum atomic E-state index is 13.9. The number of hydrogen-bond acceptors (Lipinski definition) is 7. The van der Waals surface area contributed by atoms with Gasteiger partial charge in [-0.1, -0.05) is 26.0 Å². The molecule has 1 atom stereocenters. The van der Waals surface area contributed by atoms with Crippen LogP contribution in [0.4, 0.5) is 11.4 Å². The van der Waals surface area contributed by atoms with Crippen molar-refractivity contribution in [3.63, 3.8) is 0 Å². The molecule has 8 heteroatoms. The summed E-state index contributed by atoms with van der Waals surface area (Å²) in [5.41, 5.74) is 4.81. The molecule has 1 heterocycles. The fraction of sp³-hybridized carbons (Fsp3) is 0.310. The number of aryl methyl sites for hydroxylation is 1. The third-order valence-corrected chi connectivity index (χ3v) is 6.93. The molecule has 37 heavy (non-hydrogen) atoms. The number of benzene rings is 2. The average molecular weight is 498 g/mol. The average Bonchev–Trinajstić information content (AvgIpc) is 2.86. The summed E-state index contributed by atoms with van der Waals surface area (Å²) in [6.45, 7) is 8.68.